The number of likely N-dealkylation sites (N-methyl/N-ethyl adjacent to an activating group) is 1. The molecule has 1 saturated carbocycles. The Kier molecular flexibility index (Phi) is 7.41. The summed E-state index contributed by atoms with van der Waals surface area (Å²) in [7, 11) is 0. The average molecular weight is 424 g/mol. The molecular weight excluding hydrogens is 390 g/mol. The van der Waals surface area contributed by atoms with Crippen molar-refractivity contribution in [1.29, 1.82) is 0 Å². The molecule has 0 unspecified atom stereocenters. The first-order valence-electron chi connectivity index (χ1n) is 11.6. The molecule has 1 amide bonds. The molecule has 2 heterocycles. The van der Waals surface area contributed by atoms with Gasteiger partial charge >= 0.3 is 0 Å². The molecule has 2 aromatic rings. The Morgan fingerprint density at radius 3 is 2.61 bits per heavy atom. The van der Waals surface area contributed by atoms with Gasteiger partial charge in [-0.3, -0.25) is 9.69 Å². The summed E-state index contributed by atoms with van der Waals surface area (Å²) >= 11 is 0. The van der Waals surface area contributed by atoms with E-state index in [4.69, 9.17) is 9.47 Å². The van der Waals surface area contributed by atoms with Crippen LogP contribution in [0, 0.1) is 5.92 Å². The van der Waals surface area contributed by atoms with Crippen LogP contribution in [0.15, 0.2) is 42.6 Å². The lowest BCUT2D eigenvalue weighted by atomic mass is 9.89. The number of carbonyl (C=O) groups excluding carboxylic acids is 1. The normalized spacial score (nSPS) is 19.1. The molecule has 0 bridgehead atoms. The Morgan fingerprint density at radius 1 is 1.00 bits per heavy atom. The van der Waals surface area contributed by atoms with Crippen molar-refractivity contribution in [1.82, 2.24) is 14.8 Å². The number of amides is 1. The van der Waals surface area contributed by atoms with E-state index in [0.29, 0.717) is 42.6 Å². The number of nitrogens with zero attached hydrogens (tertiary/aromatic N) is 3. The van der Waals surface area contributed by atoms with Crippen LogP contribution in [0.1, 0.15) is 49.4 Å². The molecule has 2 aliphatic rings. The molecule has 166 valence electrons. The number of carbonyl (C=O) groups is 1. The van der Waals surface area contributed by atoms with Crippen molar-refractivity contribution in [2.24, 2.45) is 5.92 Å². The van der Waals surface area contributed by atoms with Crippen molar-refractivity contribution in [2.45, 2.75) is 39.0 Å². The fourth-order valence-corrected chi connectivity index (χ4v) is 4.54. The number of para-hydroxylation sites is 2. The topological polar surface area (TPSA) is 54.9 Å². The third kappa shape index (κ3) is 5.56. The van der Waals surface area contributed by atoms with Crippen molar-refractivity contribution in [3.8, 4) is 17.4 Å². The Morgan fingerprint density at radius 2 is 1.81 bits per heavy atom. The Bertz CT molecular complexity index is 867. The fraction of sp³-hybridized carbons (Fsp3) is 0.520. The second-order valence-electron chi connectivity index (χ2n) is 8.44. The van der Waals surface area contributed by atoms with Gasteiger partial charge in [0.25, 0.3) is 5.91 Å². The summed E-state index contributed by atoms with van der Waals surface area (Å²) in [4.78, 5) is 22.0. The number of aromatic nitrogens is 1. The summed E-state index contributed by atoms with van der Waals surface area (Å²) in [6, 6.07) is 11.2. The lowest BCUT2D eigenvalue weighted by Crippen LogP contribution is -2.42. The summed E-state index contributed by atoms with van der Waals surface area (Å²) < 4.78 is 12.2. The van der Waals surface area contributed by atoms with Crippen molar-refractivity contribution in [2.75, 3.05) is 39.3 Å². The largest absolute Gasteiger partial charge is 0.488 e. The maximum atomic E-state index is 13.3. The van der Waals surface area contributed by atoms with E-state index in [0.717, 1.165) is 25.6 Å². The molecule has 31 heavy (non-hydrogen) atoms. The van der Waals surface area contributed by atoms with E-state index in [2.05, 4.69) is 9.88 Å². The van der Waals surface area contributed by atoms with Gasteiger partial charge in [0.05, 0.1) is 0 Å². The van der Waals surface area contributed by atoms with Crippen molar-refractivity contribution < 1.29 is 14.3 Å². The van der Waals surface area contributed by atoms with Crippen molar-refractivity contribution in [3.63, 3.8) is 0 Å². The van der Waals surface area contributed by atoms with Crippen LogP contribution >= 0.6 is 0 Å². The summed E-state index contributed by atoms with van der Waals surface area (Å²) in [6.45, 7) is 6.70. The Labute approximate surface area is 185 Å². The van der Waals surface area contributed by atoms with Gasteiger partial charge in [-0.05, 0) is 49.9 Å². The molecule has 1 aromatic heterocycles. The maximum Gasteiger partial charge on any atom is 0.259 e. The van der Waals surface area contributed by atoms with Gasteiger partial charge in [0.2, 0.25) is 5.88 Å². The molecule has 6 heteroatoms. The molecule has 1 fully saturated rings. The van der Waals surface area contributed by atoms with Gasteiger partial charge in [-0.1, -0.05) is 31.4 Å². The van der Waals surface area contributed by atoms with E-state index < -0.39 is 0 Å². The van der Waals surface area contributed by atoms with E-state index in [9.17, 15) is 4.79 Å². The van der Waals surface area contributed by atoms with Crippen LogP contribution in [0.25, 0.3) is 0 Å². The zero-order chi connectivity index (χ0) is 21.5. The lowest BCUT2D eigenvalue weighted by Gasteiger charge is -2.31. The Hall–Kier alpha value is -2.60. The summed E-state index contributed by atoms with van der Waals surface area (Å²) in [5, 5.41) is 0. The van der Waals surface area contributed by atoms with Gasteiger partial charge in [0.15, 0.2) is 11.5 Å². The molecule has 1 aliphatic heterocycles. The van der Waals surface area contributed by atoms with E-state index in [1.165, 1.54) is 32.1 Å². The van der Waals surface area contributed by atoms with Crippen LogP contribution in [0.4, 0.5) is 0 Å². The van der Waals surface area contributed by atoms with Crippen LogP contribution < -0.4 is 9.47 Å². The molecule has 0 saturated heterocycles. The molecule has 0 atom stereocenters. The highest BCUT2D eigenvalue weighted by Gasteiger charge is 2.23. The average Bonchev–Trinajstić information content (AvgIpc) is 2.81. The van der Waals surface area contributed by atoms with Crippen LogP contribution in [-0.2, 0) is 0 Å². The second-order valence-corrected chi connectivity index (χ2v) is 8.44. The fourth-order valence-electron chi connectivity index (χ4n) is 4.54. The van der Waals surface area contributed by atoms with Crippen LogP contribution in [0.5, 0.6) is 17.4 Å². The zero-order valence-electron chi connectivity index (χ0n) is 18.5. The quantitative estimate of drug-likeness (QED) is 0.722. The maximum absolute atomic E-state index is 13.3. The minimum atomic E-state index is -0.0409. The molecule has 0 N–H and O–H groups in total. The van der Waals surface area contributed by atoms with Gasteiger partial charge in [-0.15, -0.1) is 0 Å². The molecular formula is C25H33N3O3. The highest BCUT2D eigenvalue weighted by Crippen LogP contribution is 2.32. The molecule has 0 spiro atoms. The molecule has 1 aliphatic carbocycles. The molecule has 6 nitrogen and oxygen atoms in total. The van der Waals surface area contributed by atoms with E-state index in [1.54, 1.807) is 18.3 Å². The predicted octanol–water partition coefficient (Wildman–Crippen LogP) is 4.61. The van der Waals surface area contributed by atoms with E-state index in [-0.39, 0.29) is 5.91 Å². The third-order valence-electron chi connectivity index (χ3n) is 6.32. The van der Waals surface area contributed by atoms with Crippen molar-refractivity contribution in [3.05, 3.63) is 48.2 Å². The SMILES string of the molecule is CCN1CCN(CC2CCCCC2)CCOc2ccccc2Oc2ncccc2C1=O. The zero-order valence-corrected chi connectivity index (χ0v) is 18.5. The smallest absolute Gasteiger partial charge is 0.259 e. The summed E-state index contributed by atoms with van der Waals surface area (Å²) in [5.74, 6) is 2.28. The number of hydrogen-bond donors (Lipinski definition) is 0. The van der Waals surface area contributed by atoms with Crippen molar-refractivity contribution >= 4 is 5.91 Å². The number of benzene rings is 1. The highest BCUT2D eigenvalue weighted by molar-refractivity contribution is 5.96. The number of pyridine rings is 1. The van der Waals surface area contributed by atoms with Gasteiger partial charge in [-0.2, -0.15) is 0 Å². The van der Waals surface area contributed by atoms with E-state index in [1.807, 2.05) is 36.1 Å². The number of rotatable bonds is 3. The lowest BCUT2D eigenvalue weighted by molar-refractivity contribution is 0.0730. The molecule has 4 rings (SSSR count). The van der Waals surface area contributed by atoms with Gasteiger partial charge in [0, 0.05) is 38.9 Å². The molecule has 1 aromatic carbocycles. The monoisotopic (exact) mass is 423 g/mol. The van der Waals surface area contributed by atoms with Crippen LogP contribution in [-0.4, -0.2) is 60.0 Å². The van der Waals surface area contributed by atoms with Gasteiger partial charge < -0.3 is 14.4 Å². The summed E-state index contributed by atoms with van der Waals surface area (Å²) in [5.41, 5.74) is 0.484. The van der Waals surface area contributed by atoms with Gasteiger partial charge in [0.1, 0.15) is 12.2 Å². The standard InChI is InChI=1S/C25H33N3O3/c1-2-28-16-15-27(19-20-9-4-3-5-10-20)17-18-30-22-12-6-7-13-23(22)31-24-21(25(28)29)11-8-14-26-24/h6-8,11-14,20H,2-5,9-10,15-19H2,1H3. The highest BCUT2D eigenvalue weighted by atomic mass is 16.5. The predicted molar refractivity (Wildman–Crippen MR) is 121 cm³/mol. The number of fused-ring (bicyclic) bond motifs is 2. The number of hydrogen-bond acceptors (Lipinski definition) is 5. The molecule has 0 radical (unpaired) electrons. The first-order valence-corrected chi connectivity index (χ1v) is 11.6. The second kappa shape index (κ2) is 10.6. The first-order chi connectivity index (χ1) is 15.2. The third-order valence-corrected chi connectivity index (χ3v) is 6.32. The van der Waals surface area contributed by atoms with Crippen LogP contribution in [0.2, 0.25) is 0 Å². The first kappa shape index (κ1) is 21.6. The number of ether oxygens (including phenoxy) is 2. The van der Waals surface area contributed by atoms with Crippen LogP contribution in [0.3, 0.4) is 0 Å². The minimum Gasteiger partial charge on any atom is -0.488 e. The van der Waals surface area contributed by atoms with E-state index >= 15 is 0 Å². The minimum absolute atomic E-state index is 0.0409. The summed E-state index contributed by atoms with van der Waals surface area (Å²) in [6.07, 6.45) is 8.30. The van der Waals surface area contributed by atoms with Gasteiger partial charge in [-0.25, -0.2) is 4.98 Å². The Balaban J connectivity index is 1.60.